The molecule has 1 unspecified atom stereocenters. The highest BCUT2D eigenvalue weighted by molar-refractivity contribution is 6.74. The Bertz CT molecular complexity index is 967. The largest absolute Gasteiger partial charge is 0.544 e. The van der Waals surface area contributed by atoms with E-state index in [1.807, 2.05) is 47.4 Å². The van der Waals surface area contributed by atoms with Crippen molar-refractivity contribution in [3.63, 3.8) is 0 Å². The molecular weight excluding hydrogens is 426 g/mol. The smallest absolute Gasteiger partial charge is 0.253 e. The highest BCUT2D eigenvalue weighted by atomic mass is 28.4. The summed E-state index contributed by atoms with van der Waals surface area (Å²) in [5.74, 6) is 1.95. The Morgan fingerprint density at radius 3 is 2.33 bits per heavy atom. The van der Waals surface area contributed by atoms with E-state index in [2.05, 4.69) is 46.0 Å². The molecule has 1 aliphatic heterocycles. The van der Waals surface area contributed by atoms with Gasteiger partial charge in [-0.2, -0.15) is 0 Å². The number of nitrogens with zero attached hydrogens (tertiary/aromatic N) is 1. The average Bonchev–Trinajstić information content (AvgIpc) is 2.78. The molecule has 2 aromatic rings. The fraction of sp³-hybridized carbons (Fsp3) is 0.536. The quantitative estimate of drug-likeness (QED) is 0.545. The maximum Gasteiger partial charge on any atom is 0.253 e. The minimum Gasteiger partial charge on any atom is -0.544 e. The van der Waals surface area contributed by atoms with E-state index in [0.717, 1.165) is 55.6 Å². The molecule has 4 rings (SSSR count). The molecule has 0 spiro atoms. The molecule has 178 valence electrons. The van der Waals surface area contributed by atoms with E-state index in [0.29, 0.717) is 11.8 Å². The van der Waals surface area contributed by atoms with Crippen LogP contribution in [0.3, 0.4) is 0 Å². The van der Waals surface area contributed by atoms with Gasteiger partial charge in [0.15, 0.2) is 0 Å². The van der Waals surface area contributed by atoms with Gasteiger partial charge in [0, 0.05) is 18.7 Å². The first kappa shape index (κ1) is 24.0. The van der Waals surface area contributed by atoms with Crippen LogP contribution in [0.2, 0.25) is 18.1 Å². The molecule has 0 aromatic heterocycles. The molecule has 0 radical (unpaired) electrons. The van der Waals surface area contributed by atoms with Gasteiger partial charge in [-0.05, 0) is 85.5 Å². The summed E-state index contributed by atoms with van der Waals surface area (Å²) in [6.45, 7) is 12.8. The van der Waals surface area contributed by atoms with E-state index < -0.39 is 13.9 Å². The van der Waals surface area contributed by atoms with Gasteiger partial charge in [-0.1, -0.05) is 51.1 Å². The molecule has 2 aliphatic rings. The number of carbonyl (C=O) groups excluding carboxylic acids is 1. The number of hydrogen-bond donors (Lipinski definition) is 1. The van der Waals surface area contributed by atoms with Crippen molar-refractivity contribution in [2.24, 2.45) is 11.8 Å². The van der Waals surface area contributed by atoms with Crippen molar-refractivity contribution in [3.8, 4) is 5.75 Å². The van der Waals surface area contributed by atoms with Crippen LogP contribution in [0, 0.1) is 11.8 Å². The summed E-state index contributed by atoms with van der Waals surface area (Å²) in [4.78, 5) is 14.9. The van der Waals surface area contributed by atoms with Crippen LogP contribution in [0.4, 0.5) is 0 Å². The van der Waals surface area contributed by atoms with Crippen LogP contribution in [0.15, 0.2) is 54.6 Å². The zero-order valence-electron chi connectivity index (χ0n) is 20.8. The van der Waals surface area contributed by atoms with Gasteiger partial charge in [0.25, 0.3) is 5.91 Å². The van der Waals surface area contributed by atoms with Gasteiger partial charge in [-0.15, -0.1) is 0 Å². The first-order valence-corrected chi connectivity index (χ1v) is 15.3. The van der Waals surface area contributed by atoms with Crippen LogP contribution in [0.25, 0.3) is 0 Å². The zero-order chi connectivity index (χ0) is 23.9. The average molecular weight is 466 g/mol. The number of rotatable bonds is 4. The van der Waals surface area contributed by atoms with Crippen LogP contribution in [0.5, 0.6) is 5.75 Å². The van der Waals surface area contributed by atoms with Gasteiger partial charge in [0.2, 0.25) is 8.32 Å². The second-order valence-electron chi connectivity index (χ2n) is 11.6. The maximum absolute atomic E-state index is 12.9. The summed E-state index contributed by atoms with van der Waals surface area (Å²) in [5.41, 5.74) is 0.969. The van der Waals surface area contributed by atoms with Gasteiger partial charge in [-0.25, -0.2) is 0 Å². The molecule has 1 aliphatic carbocycles. The minimum absolute atomic E-state index is 0.132. The monoisotopic (exact) mass is 465 g/mol. The van der Waals surface area contributed by atoms with Gasteiger partial charge in [0.05, 0.1) is 5.60 Å². The van der Waals surface area contributed by atoms with E-state index in [-0.39, 0.29) is 10.9 Å². The first-order valence-electron chi connectivity index (χ1n) is 12.3. The van der Waals surface area contributed by atoms with Crippen molar-refractivity contribution in [3.05, 3.63) is 65.7 Å². The third-order valence-corrected chi connectivity index (χ3v) is 12.7. The molecule has 2 aromatic carbocycles. The summed E-state index contributed by atoms with van der Waals surface area (Å²) >= 11 is 0. The molecule has 1 saturated heterocycles. The lowest BCUT2D eigenvalue weighted by Gasteiger charge is -2.47. The second kappa shape index (κ2) is 8.92. The molecule has 1 N–H and O–H groups in total. The van der Waals surface area contributed by atoms with Gasteiger partial charge in [-0.3, -0.25) is 4.79 Å². The molecule has 0 bridgehead atoms. The van der Waals surface area contributed by atoms with E-state index >= 15 is 0 Å². The van der Waals surface area contributed by atoms with Crippen LogP contribution < -0.4 is 4.43 Å². The van der Waals surface area contributed by atoms with Gasteiger partial charge >= 0.3 is 0 Å². The fourth-order valence-electron chi connectivity index (χ4n) is 5.13. The maximum atomic E-state index is 12.9. The third kappa shape index (κ3) is 5.04. The lowest BCUT2D eigenvalue weighted by Crippen LogP contribution is -2.48. The van der Waals surface area contributed by atoms with E-state index in [4.69, 9.17) is 4.43 Å². The number of fused-ring (bicyclic) bond motifs is 1. The lowest BCUT2D eigenvalue weighted by molar-refractivity contribution is -0.0575. The Hall–Kier alpha value is -2.11. The van der Waals surface area contributed by atoms with Crippen LogP contribution in [-0.4, -0.2) is 37.3 Å². The standard InChI is InChI=1S/C28H39NO3Si/c1-27(2,3)33(4,5)32-25-13-11-24(12-14-25)28(31)17-15-23-20-29(18-16-22(23)19-28)26(30)21-9-7-6-8-10-21/h6-14,22-23,31H,15-20H2,1-5H3/t22-,23+,28?/m0/s1. The highest BCUT2D eigenvalue weighted by Gasteiger charge is 2.44. The summed E-state index contributed by atoms with van der Waals surface area (Å²) in [6.07, 6.45) is 3.41. The predicted molar refractivity (Wildman–Crippen MR) is 136 cm³/mol. The Balaban J connectivity index is 1.40. The molecule has 5 heteroatoms. The van der Waals surface area contributed by atoms with Crippen LogP contribution >= 0.6 is 0 Å². The SMILES string of the molecule is CC(C)(C)[Si](C)(C)Oc1ccc(C2(O)CC[C@@H]3CN(C(=O)c4ccccc4)CC[C@H]3C2)cc1. The normalized spacial score (nSPS) is 25.9. The van der Waals surface area contributed by atoms with E-state index in [1.165, 1.54) is 0 Å². The molecule has 1 heterocycles. The van der Waals surface area contributed by atoms with Crippen molar-refractivity contribution in [1.29, 1.82) is 0 Å². The molecule has 1 saturated carbocycles. The third-order valence-electron chi connectivity index (χ3n) is 8.30. The Labute approximate surface area is 200 Å². The highest BCUT2D eigenvalue weighted by Crippen LogP contribution is 2.46. The van der Waals surface area contributed by atoms with Crippen molar-refractivity contribution in [2.45, 2.75) is 70.2 Å². The van der Waals surface area contributed by atoms with Gasteiger partial charge in [0.1, 0.15) is 5.75 Å². The van der Waals surface area contributed by atoms with Crippen molar-refractivity contribution in [2.75, 3.05) is 13.1 Å². The van der Waals surface area contributed by atoms with Crippen molar-refractivity contribution >= 4 is 14.2 Å². The summed E-state index contributed by atoms with van der Waals surface area (Å²) in [7, 11) is -1.88. The van der Waals surface area contributed by atoms with Crippen LogP contribution in [-0.2, 0) is 5.60 Å². The summed E-state index contributed by atoms with van der Waals surface area (Å²) in [5, 5.41) is 11.7. The molecule has 1 amide bonds. The number of aliphatic hydroxyl groups is 1. The summed E-state index contributed by atoms with van der Waals surface area (Å²) in [6, 6.07) is 17.7. The lowest BCUT2D eigenvalue weighted by atomic mass is 9.66. The fourth-order valence-corrected chi connectivity index (χ4v) is 6.16. The van der Waals surface area contributed by atoms with E-state index in [1.54, 1.807) is 0 Å². The molecule has 2 fully saturated rings. The Morgan fingerprint density at radius 2 is 1.70 bits per heavy atom. The topological polar surface area (TPSA) is 49.8 Å². The minimum atomic E-state index is -1.88. The zero-order valence-corrected chi connectivity index (χ0v) is 21.8. The van der Waals surface area contributed by atoms with E-state index in [9.17, 15) is 9.90 Å². The number of piperidine rings is 1. The second-order valence-corrected chi connectivity index (χ2v) is 16.3. The molecular formula is C28H39NO3Si. The molecule has 33 heavy (non-hydrogen) atoms. The van der Waals surface area contributed by atoms with Gasteiger partial charge < -0.3 is 14.4 Å². The number of likely N-dealkylation sites (tertiary alicyclic amines) is 1. The van der Waals surface area contributed by atoms with Crippen LogP contribution in [0.1, 0.15) is 62.4 Å². The van der Waals surface area contributed by atoms with Crippen molar-refractivity contribution in [1.82, 2.24) is 4.90 Å². The van der Waals surface area contributed by atoms with Crippen molar-refractivity contribution < 1.29 is 14.3 Å². The number of amides is 1. The summed E-state index contributed by atoms with van der Waals surface area (Å²) < 4.78 is 6.42. The Kier molecular flexibility index (Phi) is 6.49. The predicted octanol–water partition coefficient (Wildman–Crippen LogP) is 6.22. The number of carbonyl (C=O) groups is 1. The number of hydrogen-bond acceptors (Lipinski definition) is 3. The molecule has 3 atom stereocenters. The Morgan fingerprint density at radius 1 is 1.03 bits per heavy atom. The number of benzene rings is 2. The first-order chi connectivity index (χ1) is 15.5. The molecule has 4 nitrogen and oxygen atoms in total.